The third-order valence-corrected chi connectivity index (χ3v) is 5.96. The van der Waals surface area contributed by atoms with Crippen LogP contribution in [0.4, 0.5) is 0 Å². The fraction of sp³-hybridized carbons (Fsp3) is 0.292. The summed E-state index contributed by atoms with van der Waals surface area (Å²) in [5.41, 5.74) is 3.13. The van der Waals surface area contributed by atoms with Crippen LogP contribution in [-0.4, -0.2) is 68.4 Å². The summed E-state index contributed by atoms with van der Waals surface area (Å²) < 4.78 is 8.09. The molecule has 5 rings (SSSR count). The molecule has 4 aromatic rings. The fourth-order valence-corrected chi connectivity index (χ4v) is 4.08. The molecule has 1 fully saturated rings. The van der Waals surface area contributed by atoms with E-state index in [1.807, 2.05) is 58.2 Å². The maximum Gasteiger partial charge on any atom is 0.219 e. The monoisotopic (exact) mass is 430 g/mol. The molecule has 1 N–H and O–H groups in total. The predicted octanol–water partition coefficient (Wildman–Crippen LogP) is 3.38. The van der Waals surface area contributed by atoms with E-state index in [-0.39, 0.29) is 5.91 Å². The minimum atomic E-state index is 0.162. The van der Waals surface area contributed by atoms with E-state index < -0.39 is 0 Å². The van der Waals surface area contributed by atoms with Gasteiger partial charge in [0.1, 0.15) is 11.5 Å². The molecule has 0 atom stereocenters. The number of nitrogens with zero attached hydrogens (tertiary/aromatic N) is 5. The highest BCUT2D eigenvalue weighted by atomic mass is 16.5. The summed E-state index contributed by atoms with van der Waals surface area (Å²) in [6, 6.07) is 15.9. The van der Waals surface area contributed by atoms with Crippen molar-refractivity contribution in [3.05, 3.63) is 60.9 Å². The molecule has 1 saturated heterocycles. The zero-order chi connectivity index (χ0) is 21.9. The smallest absolute Gasteiger partial charge is 0.219 e. The lowest BCUT2D eigenvalue weighted by Crippen LogP contribution is -2.48. The number of piperazine rings is 1. The largest absolute Gasteiger partial charge is 0.457 e. The summed E-state index contributed by atoms with van der Waals surface area (Å²) in [6.07, 6.45) is 3.63. The molecule has 3 heterocycles. The van der Waals surface area contributed by atoms with E-state index in [1.54, 1.807) is 13.1 Å². The van der Waals surface area contributed by atoms with Crippen molar-refractivity contribution in [1.29, 1.82) is 0 Å². The van der Waals surface area contributed by atoms with Crippen molar-refractivity contribution in [3.8, 4) is 22.8 Å². The van der Waals surface area contributed by atoms with Crippen molar-refractivity contribution in [3.63, 3.8) is 0 Å². The Hall–Kier alpha value is -3.65. The minimum Gasteiger partial charge on any atom is -0.457 e. The maximum atomic E-state index is 11.5. The Morgan fingerprint density at radius 1 is 1.00 bits per heavy atom. The number of nitrogens with one attached hydrogen (secondary N) is 1. The van der Waals surface area contributed by atoms with E-state index in [1.165, 1.54) is 0 Å². The highest BCUT2D eigenvalue weighted by Gasteiger charge is 2.18. The second kappa shape index (κ2) is 8.84. The molecule has 0 bridgehead atoms. The molecule has 0 saturated carbocycles. The first-order chi connectivity index (χ1) is 15.7. The lowest BCUT2D eigenvalue weighted by molar-refractivity contribution is -0.130. The second-order valence-corrected chi connectivity index (χ2v) is 8.03. The van der Waals surface area contributed by atoms with Gasteiger partial charge in [0.05, 0.1) is 24.0 Å². The Morgan fingerprint density at radius 2 is 1.78 bits per heavy atom. The molecule has 8 nitrogen and oxygen atoms in total. The van der Waals surface area contributed by atoms with Gasteiger partial charge in [0.25, 0.3) is 0 Å². The third kappa shape index (κ3) is 4.36. The summed E-state index contributed by atoms with van der Waals surface area (Å²) in [5, 5.41) is 12.6. The first-order valence-corrected chi connectivity index (χ1v) is 10.9. The average Bonchev–Trinajstić information content (AvgIpc) is 3.49. The van der Waals surface area contributed by atoms with Crippen molar-refractivity contribution in [2.24, 2.45) is 0 Å². The summed E-state index contributed by atoms with van der Waals surface area (Å²) in [7, 11) is 0. The van der Waals surface area contributed by atoms with Crippen LogP contribution in [-0.2, 0) is 11.3 Å². The minimum absolute atomic E-state index is 0.162. The highest BCUT2D eigenvalue weighted by Crippen LogP contribution is 2.27. The molecular weight excluding hydrogens is 404 g/mol. The molecule has 0 spiro atoms. The maximum absolute atomic E-state index is 11.5. The topological polar surface area (TPSA) is 79.3 Å². The van der Waals surface area contributed by atoms with Crippen molar-refractivity contribution < 1.29 is 9.53 Å². The Bertz CT molecular complexity index is 1190. The number of hydrogen-bond acceptors (Lipinski definition) is 5. The number of benzene rings is 2. The van der Waals surface area contributed by atoms with Gasteiger partial charge in [-0.15, -0.1) is 0 Å². The number of H-pyrrole nitrogens is 1. The predicted molar refractivity (Wildman–Crippen MR) is 123 cm³/mol. The Kier molecular flexibility index (Phi) is 5.60. The van der Waals surface area contributed by atoms with Gasteiger partial charge < -0.3 is 9.64 Å². The van der Waals surface area contributed by atoms with Gasteiger partial charge in [-0.1, -0.05) is 0 Å². The van der Waals surface area contributed by atoms with Crippen molar-refractivity contribution >= 4 is 16.8 Å². The number of carbonyl (C=O) groups excluding carboxylic acids is 1. The van der Waals surface area contributed by atoms with Gasteiger partial charge in [0, 0.05) is 51.2 Å². The van der Waals surface area contributed by atoms with Crippen LogP contribution in [0.15, 0.2) is 60.9 Å². The van der Waals surface area contributed by atoms with Crippen LogP contribution in [0.1, 0.15) is 6.92 Å². The molecule has 1 amide bonds. The van der Waals surface area contributed by atoms with E-state index in [0.717, 1.165) is 72.9 Å². The van der Waals surface area contributed by atoms with Crippen LogP contribution in [0.2, 0.25) is 0 Å². The first-order valence-electron chi connectivity index (χ1n) is 10.9. The zero-order valence-corrected chi connectivity index (χ0v) is 18.1. The van der Waals surface area contributed by atoms with Crippen molar-refractivity contribution in [1.82, 2.24) is 29.8 Å². The Balaban J connectivity index is 1.21. The molecule has 2 aromatic heterocycles. The molecule has 1 aliphatic rings. The molecule has 0 radical (unpaired) electrons. The molecule has 32 heavy (non-hydrogen) atoms. The number of ether oxygens (including phenoxy) is 1. The quantitative estimate of drug-likeness (QED) is 0.507. The molecule has 0 unspecified atom stereocenters. The number of aromatic nitrogens is 4. The number of aromatic amines is 1. The van der Waals surface area contributed by atoms with E-state index in [2.05, 4.69) is 26.3 Å². The number of rotatable bonds is 6. The van der Waals surface area contributed by atoms with Crippen LogP contribution < -0.4 is 4.74 Å². The van der Waals surface area contributed by atoms with Gasteiger partial charge in [-0.3, -0.25) is 19.5 Å². The summed E-state index contributed by atoms with van der Waals surface area (Å²) >= 11 is 0. The van der Waals surface area contributed by atoms with E-state index in [9.17, 15) is 4.79 Å². The number of hydrogen-bond donors (Lipinski definition) is 1. The van der Waals surface area contributed by atoms with Crippen LogP contribution in [0.5, 0.6) is 11.5 Å². The highest BCUT2D eigenvalue weighted by molar-refractivity contribution is 5.80. The summed E-state index contributed by atoms with van der Waals surface area (Å²) in [4.78, 5) is 15.8. The van der Waals surface area contributed by atoms with Gasteiger partial charge in [0.15, 0.2) is 0 Å². The van der Waals surface area contributed by atoms with Gasteiger partial charge in [-0.05, 0) is 54.1 Å². The van der Waals surface area contributed by atoms with E-state index in [4.69, 9.17) is 4.74 Å². The van der Waals surface area contributed by atoms with E-state index in [0.29, 0.717) is 0 Å². The van der Waals surface area contributed by atoms with Crippen LogP contribution in [0.25, 0.3) is 22.2 Å². The van der Waals surface area contributed by atoms with Crippen LogP contribution in [0.3, 0.4) is 0 Å². The Labute approximate surface area is 186 Å². The van der Waals surface area contributed by atoms with Gasteiger partial charge in [0.2, 0.25) is 5.91 Å². The van der Waals surface area contributed by atoms with Gasteiger partial charge in [-0.2, -0.15) is 10.2 Å². The number of carbonyl (C=O) groups is 1. The normalized spacial score (nSPS) is 14.7. The van der Waals surface area contributed by atoms with Crippen molar-refractivity contribution in [2.75, 3.05) is 32.7 Å². The Morgan fingerprint density at radius 3 is 2.50 bits per heavy atom. The zero-order valence-electron chi connectivity index (χ0n) is 18.1. The molecule has 0 aliphatic carbocycles. The average molecular weight is 431 g/mol. The molecule has 1 aliphatic heterocycles. The van der Waals surface area contributed by atoms with Gasteiger partial charge >= 0.3 is 0 Å². The fourth-order valence-electron chi connectivity index (χ4n) is 4.08. The molecular formula is C24H26N6O2. The second-order valence-electron chi connectivity index (χ2n) is 8.03. The SMILES string of the molecule is CC(=O)N1CCN(CCn2ncc3cc(Oc4ccc(-c5ccn[nH]5)cc4)ccc32)CC1. The molecule has 2 aromatic carbocycles. The van der Waals surface area contributed by atoms with Crippen LogP contribution in [0, 0.1) is 0 Å². The number of amides is 1. The van der Waals surface area contributed by atoms with Crippen LogP contribution >= 0.6 is 0 Å². The molecule has 164 valence electrons. The van der Waals surface area contributed by atoms with Gasteiger partial charge in [-0.25, -0.2) is 0 Å². The summed E-state index contributed by atoms with van der Waals surface area (Å²) in [5.74, 6) is 1.73. The number of fused-ring (bicyclic) bond motifs is 1. The van der Waals surface area contributed by atoms with Crippen molar-refractivity contribution in [2.45, 2.75) is 13.5 Å². The lowest BCUT2D eigenvalue weighted by atomic mass is 10.1. The lowest BCUT2D eigenvalue weighted by Gasteiger charge is -2.34. The standard InChI is InChI=1S/C24H26N6O2/c1-18(31)29-13-10-28(11-14-29)12-15-30-24-7-6-22(16-20(24)17-26-30)32-21-4-2-19(3-5-21)23-8-9-25-27-23/h2-9,16-17H,10-15H2,1H3,(H,25,27). The third-order valence-electron chi connectivity index (χ3n) is 5.96. The molecule has 8 heteroatoms. The summed E-state index contributed by atoms with van der Waals surface area (Å²) in [6.45, 7) is 6.81. The first kappa shape index (κ1) is 20.3. The van der Waals surface area contributed by atoms with E-state index >= 15 is 0 Å².